The Balaban J connectivity index is 0.000000430. The van der Waals surface area contributed by atoms with E-state index >= 15 is 0 Å². The molecule has 1 aromatic heterocycles. The molecule has 34 heavy (non-hydrogen) atoms. The molecule has 2 N–H and O–H groups in total. The SMILES string of the molecule is COc1cc(C(C)(C)C#N)ccc1NC(=O)c1ccc(OC)c(OC)c1.O=C(O)c1cncs1. The minimum Gasteiger partial charge on any atom is -0.495 e. The van der Waals surface area contributed by atoms with E-state index < -0.39 is 11.4 Å². The monoisotopic (exact) mass is 483 g/mol. The van der Waals surface area contributed by atoms with Gasteiger partial charge in [-0.2, -0.15) is 5.26 Å². The number of rotatable bonds is 7. The molecule has 1 heterocycles. The van der Waals surface area contributed by atoms with E-state index in [2.05, 4.69) is 16.4 Å². The van der Waals surface area contributed by atoms with Gasteiger partial charge in [0, 0.05) is 5.56 Å². The van der Waals surface area contributed by atoms with Gasteiger partial charge >= 0.3 is 5.97 Å². The summed E-state index contributed by atoms with van der Waals surface area (Å²) in [5, 5.41) is 20.3. The van der Waals surface area contributed by atoms with Crippen LogP contribution < -0.4 is 19.5 Å². The fourth-order valence-electron chi connectivity index (χ4n) is 2.74. The molecule has 178 valence electrons. The van der Waals surface area contributed by atoms with E-state index in [0.29, 0.717) is 28.5 Å². The van der Waals surface area contributed by atoms with Gasteiger partial charge in [-0.3, -0.25) is 9.78 Å². The van der Waals surface area contributed by atoms with E-state index in [9.17, 15) is 14.9 Å². The van der Waals surface area contributed by atoms with E-state index in [0.717, 1.165) is 16.9 Å². The van der Waals surface area contributed by atoms with Crippen LogP contribution >= 0.6 is 11.3 Å². The predicted octanol–water partition coefficient (Wildman–Crippen LogP) is 4.61. The van der Waals surface area contributed by atoms with Gasteiger partial charge in [0.15, 0.2) is 11.5 Å². The van der Waals surface area contributed by atoms with Crippen LogP contribution in [0, 0.1) is 11.3 Å². The summed E-state index contributed by atoms with van der Waals surface area (Å²) in [6.45, 7) is 3.65. The van der Waals surface area contributed by atoms with Crippen molar-refractivity contribution in [1.29, 1.82) is 5.26 Å². The Bertz CT molecular complexity index is 1190. The number of hydrogen-bond acceptors (Lipinski definition) is 8. The molecule has 10 heteroatoms. The minimum atomic E-state index is -0.910. The number of carbonyl (C=O) groups excluding carboxylic acids is 1. The largest absolute Gasteiger partial charge is 0.495 e. The lowest BCUT2D eigenvalue weighted by Crippen LogP contribution is -2.16. The fourth-order valence-corrected chi connectivity index (χ4v) is 3.20. The van der Waals surface area contributed by atoms with Crippen molar-refractivity contribution in [1.82, 2.24) is 4.98 Å². The quantitative estimate of drug-likeness (QED) is 0.498. The van der Waals surface area contributed by atoms with Crippen LogP contribution in [0.2, 0.25) is 0 Å². The highest BCUT2D eigenvalue weighted by Gasteiger charge is 2.22. The lowest BCUT2D eigenvalue weighted by Gasteiger charge is -2.18. The number of amides is 1. The van der Waals surface area contributed by atoms with E-state index in [4.69, 9.17) is 19.3 Å². The summed E-state index contributed by atoms with van der Waals surface area (Å²) in [4.78, 5) is 26.5. The molecule has 0 radical (unpaired) electrons. The van der Waals surface area contributed by atoms with Gasteiger partial charge in [0.1, 0.15) is 10.6 Å². The number of aromatic nitrogens is 1. The van der Waals surface area contributed by atoms with Gasteiger partial charge < -0.3 is 24.6 Å². The number of carboxylic acid groups (broad SMARTS) is 1. The normalized spacial score (nSPS) is 10.2. The van der Waals surface area contributed by atoms with Gasteiger partial charge in [-0.25, -0.2) is 4.79 Å². The number of anilines is 1. The lowest BCUT2D eigenvalue weighted by molar-refractivity contribution is 0.0701. The van der Waals surface area contributed by atoms with Crippen LogP contribution in [0.5, 0.6) is 17.2 Å². The third kappa shape index (κ3) is 6.46. The summed E-state index contributed by atoms with van der Waals surface area (Å²) in [5.74, 6) is 0.284. The zero-order valence-electron chi connectivity index (χ0n) is 19.4. The Morgan fingerprint density at radius 3 is 2.21 bits per heavy atom. The second-order valence-corrected chi connectivity index (χ2v) is 8.23. The first-order valence-electron chi connectivity index (χ1n) is 9.91. The maximum Gasteiger partial charge on any atom is 0.347 e. The number of carbonyl (C=O) groups is 2. The number of methoxy groups -OCH3 is 3. The highest BCUT2D eigenvalue weighted by atomic mass is 32.1. The molecule has 0 bridgehead atoms. The Morgan fingerprint density at radius 1 is 1.03 bits per heavy atom. The molecule has 0 atom stereocenters. The number of carboxylic acids is 1. The number of nitrogens with zero attached hydrogens (tertiary/aromatic N) is 2. The van der Waals surface area contributed by atoms with Gasteiger partial charge in [0.25, 0.3) is 5.91 Å². The number of nitriles is 1. The standard InChI is InChI=1S/C20H22N2O4.C4H3NO2S/c1-20(2,12-21)14-7-8-15(17(11-14)25-4)22-19(23)13-6-9-16(24-3)18(10-13)26-5;6-4(7)3-1-5-2-8-3/h6-11H,1-5H3,(H,22,23);1-2H,(H,6,7). The molecule has 3 aromatic rings. The van der Waals surface area contributed by atoms with Crippen LogP contribution in [0.25, 0.3) is 0 Å². The summed E-state index contributed by atoms with van der Waals surface area (Å²) in [5.41, 5.74) is 2.58. The van der Waals surface area contributed by atoms with Crippen LogP contribution in [0.3, 0.4) is 0 Å². The molecule has 1 amide bonds. The average Bonchev–Trinajstić information content (AvgIpc) is 3.39. The Morgan fingerprint density at radius 2 is 1.71 bits per heavy atom. The molecular weight excluding hydrogens is 458 g/mol. The van der Waals surface area contributed by atoms with Gasteiger partial charge in [-0.1, -0.05) is 6.07 Å². The van der Waals surface area contributed by atoms with Crippen LogP contribution in [-0.2, 0) is 5.41 Å². The smallest absolute Gasteiger partial charge is 0.347 e. The summed E-state index contributed by atoms with van der Waals surface area (Å²) >= 11 is 1.12. The molecule has 0 spiro atoms. The van der Waals surface area contributed by atoms with Crippen molar-refractivity contribution in [3.05, 3.63) is 64.1 Å². The molecule has 0 aliphatic heterocycles. The molecule has 0 aliphatic rings. The van der Waals surface area contributed by atoms with E-state index in [1.54, 1.807) is 36.4 Å². The highest BCUT2D eigenvalue weighted by Crippen LogP contribution is 2.32. The minimum absolute atomic E-state index is 0.282. The van der Waals surface area contributed by atoms with E-state index in [-0.39, 0.29) is 10.8 Å². The summed E-state index contributed by atoms with van der Waals surface area (Å²) < 4.78 is 15.8. The van der Waals surface area contributed by atoms with Gasteiger partial charge in [0.2, 0.25) is 0 Å². The van der Waals surface area contributed by atoms with Crippen molar-refractivity contribution in [2.24, 2.45) is 0 Å². The van der Waals surface area contributed by atoms with Crippen molar-refractivity contribution in [2.45, 2.75) is 19.3 Å². The lowest BCUT2D eigenvalue weighted by atomic mass is 9.86. The van der Waals surface area contributed by atoms with Crippen molar-refractivity contribution in [3.63, 3.8) is 0 Å². The van der Waals surface area contributed by atoms with Crippen LogP contribution in [0.15, 0.2) is 48.1 Å². The molecule has 0 saturated heterocycles. The van der Waals surface area contributed by atoms with Gasteiger partial charge in [-0.05, 0) is 49.7 Å². The van der Waals surface area contributed by atoms with Crippen LogP contribution in [0.4, 0.5) is 5.69 Å². The molecule has 0 fully saturated rings. The van der Waals surface area contributed by atoms with Crippen molar-refractivity contribution in [2.75, 3.05) is 26.6 Å². The molecule has 0 unspecified atom stereocenters. The molecule has 3 rings (SSSR count). The molecule has 2 aromatic carbocycles. The fraction of sp³-hybridized carbons (Fsp3) is 0.250. The number of hydrogen-bond donors (Lipinski definition) is 2. The van der Waals surface area contributed by atoms with Gasteiger partial charge in [-0.15, -0.1) is 11.3 Å². The number of benzene rings is 2. The third-order valence-corrected chi connectivity index (χ3v) is 5.50. The van der Waals surface area contributed by atoms with Crippen molar-refractivity contribution < 1.29 is 28.9 Å². The summed E-state index contributed by atoms with van der Waals surface area (Å²) in [6, 6.07) is 12.5. The molecule has 9 nitrogen and oxygen atoms in total. The first-order valence-corrected chi connectivity index (χ1v) is 10.8. The predicted molar refractivity (Wildman–Crippen MR) is 128 cm³/mol. The number of nitrogens with one attached hydrogen (secondary N) is 1. The second-order valence-electron chi connectivity index (χ2n) is 7.35. The molecule has 0 saturated carbocycles. The Hall–Kier alpha value is -4.10. The first kappa shape index (κ1) is 26.2. The molecular formula is C24H25N3O6S. The van der Waals surface area contributed by atoms with E-state index in [1.165, 1.54) is 33.0 Å². The number of ether oxygens (including phenoxy) is 3. The number of thiazole rings is 1. The van der Waals surface area contributed by atoms with Crippen molar-refractivity contribution >= 4 is 28.9 Å². The zero-order valence-corrected chi connectivity index (χ0v) is 20.2. The maximum atomic E-state index is 12.6. The third-order valence-electron chi connectivity index (χ3n) is 4.74. The number of aromatic carboxylic acids is 1. The van der Waals surface area contributed by atoms with Crippen LogP contribution in [0.1, 0.15) is 39.4 Å². The maximum absolute atomic E-state index is 12.6. The zero-order chi connectivity index (χ0) is 25.3. The van der Waals surface area contributed by atoms with E-state index in [1.807, 2.05) is 13.8 Å². The van der Waals surface area contributed by atoms with Crippen LogP contribution in [-0.4, -0.2) is 43.3 Å². The van der Waals surface area contributed by atoms with Crippen molar-refractivity contribution in [3.8, 4) is 23.3 Å². The topological polar surface area (TPSA) is 131 Å². The Kier molecular flexibility index (Phi) is 8.98. The first-order chi connectivity index (χ1) is 16.2. The Labute approximate surface area is 201 Å². The van der Waals surface area contributed by atoms with Gasteiger partial charge in [0.05, 0.1) is 50.2 Å². The highest BCUT2D eigenvalue weighted by molar-refractivity contribution is 7.11. The second kappa shape index (κ2) is 11.7. The molecule has 0 aliphatic carbocycles. The summed E-state index contributed by atoms with van der Waals surface area (Å²) in [7, 11) is 4.57. The summed E-state index contributed by atoms with van der Waals surface area (Å²) in [6.07, 6.45) is 1.33. The average molecular weight is 484 g/mol.